The zero-order valence-corrected chi connectivity index (χ0v) is 5.80. The number of rotatable bonds is 2. The highest BCUT2D eigenvalue weighted by atomic mass is 14.6. The van der Waals surface area contributed by atoms with E-state index in [4.69, 9.17) is 11.5 Å². The van der Waals surface area contributed by atoms with Gasteiger partial charge < -0.3 is 5.73 Å². The predicted octanol–water partition coefficient (Wildman–Crippen LogP) is 0.928. The second kappa shape index (κ2) is 3.34. The minimum absolute atomic E-state index is 0.327. The van der Waals surface area contributed by atoms with Gasteiger partial charge in [-0.25, -0.2) is 0 Å². The minimum atomic E-state index is 0.327. The van der Waals surface area contributed by atoms with Gasteiger partial charge in [-0.3, -0.25) is 5.73 Å². The molecule has 0 atom stereocenters. The monoisotopic (exact) mass is 135 g/mol. The normalized spacial score (nSPS) is 9.80. The lowest BCUT2D eigenvalue weighted by Gasteiger charge is -2.01. The van der Waals surface area contributed by atoms with Crippen molar-refractivity contribution < 1.29 is 0 Å². The van der Waals surface area contributed by atoms with Crippen molar-refractivity contribution in [3.05, 3.63) is 35.4 Å². The van der Waals surface area contributed by atoms with Crippen LogP contribution in [0.25, 0.3) is 0 Å². The quantitative estimate of drug-likeness (QED) is 0.644. The van der Waals surface area contributed by atoms with Crippen LogP contribution in [0.2, 0.25) is 0 Å². The molecule has 0 amide bonds. The molecule has 0 fully saturated rings. The molecular weight excluding hydrogens is 124 g/mol. The van der Waals surface area contributed by atoms with Gasteiger partial charge in [0.05, 0.1) is 0 Å². The molecule has 2 nitrogen and oxygen atoms in total. The molecule has 1 aromatic carbocycles. The molecule has 0 saturated heterocycles. The summed E-state index contributed by atoms with van der Waals surface area (Å²) in [4.78, 5) is 0. The molecule has 0 aliphatic heterocycles. The highest BCUT2D eigenvalue weighted by Crippen LogP contribution is 2.06. The summed E-state index contributed by atoms with van der Waals surface area (Å²) in [5.41, 5.74) is 14.7. The van der Waals surface area contributed by atoms with Gasteiger partial charge in [0, 0.05) is 13.1 Å². The van der Waals surface area contributed by atoms with Crippen LogP contribution in [0.3, 0.4) is 0 Å². The Balaban J connectivity index is 2.96. The number of nitrogens with one attached hydrogen (secondary N) is 1. The van der Waals surface area contributed by atoms with Gasteiger partial charge in [-0.15, -0.1) is 0 Å². The molecule has 10 heavy (non-hydrogen) atoms. The first-order chi connectivity index (χ1) is 4.88. The van der Waals surface area contributed by atoms with Gasteiger partial charge in [0.1, 0.15) is 0 Å². The van der Waals surface area contributed by atoms with Crippen molar-refractivity contribution in [2.24, 2.45) is 5.73 Å². The van der Waals surface area contributed by atoms with E-state index < -0.39 is 0 Å². The standard InChI is InChI=1S/C8H11N2/c9-5-7-3-1-2-4-8(7)6-10/h1-4,9H,5-6,10H2. The zero-order chi connectivity index (χ0) is 7.40. The van der Waals surface area contributed by atoms with E-state index in [9.17, 15) is 0 Å². The van der Waals surface area contributed by atoms with E-state index in [2.05, 4.69) is 0 Å². The molecule has 2 heteroatoms. The van der Waals surface area contributed by atoms with Gasteiger partial charge in [0.25, 0.3) is 0 Å². The summed E-state index contributed by atoms with van der Waals surface area (Å²) in [6, 6.07) is 7.78. The van der Waals surface area contributed by atoms with E-state index in [0.29, 0.717) is 13.1 Å². The van der Waals surface area contributed by atoms with Gasteiger partial charge in [-0.1, -0.05) is 24.3 Å². The lowest BCUT2D eigenvalue weighted by Crippen LogP contribution is -2.01. The van der Waals surface area contributed by atoms with Gasteiger partial charge in [-0.2, -0.15) is 0 Å². The van der Waals surface area contributed by atoms with Gasteiger partial charge in [0.2, 0.25) is 0 Å². The fourth-order valence-corrected chi connectivity index (χ4v) is 0.929. The topological polar surface area (TPSA) is 49.8 Å². The molecule has 3 N–H and O–H groups in total. The Morgan fingerprint density at radius 1 is 1.20 bits per heavy atom. The summed E-state index contributed by atoms with van der Waals surface area (Å²) in [6.45, 7) is 0.864. The summed E-state index contributed by atoms with van der Waals surface area (Å²) in [5, 5.41) is 0. The number of nitrogens with two attached hydrogens (primary N) is 1. The lowest BCUT2D eigenvalue weighted by atomic mass is 10.1. The number of hydrogen-bond acceptors (Lipinski definition) is 1. The second-order valence-electron chi connectivity index (χ2n) is 2.15. The fraction of sp³-hybridized carbons (Fsp3) is 0.250. The molecule has 0 unspecified atom stereocenters. The maximum absolute atomic E-state index is 7.13. The summed E-state index contributed by atoms with van der Waals surface area (Å²) in [6.07, 6.45) is 0. The number of benzene rings is 1. The average Bonchev–Trinajstić information content (AvgIpc) is 2.04. The summed E-state index contributed by atoms with van der Waals surface area (Å²) in [7, 11) is 0. The average molecular weight is 135 g/mol. The SMILES string of the molecule is [NH]Cc1ccccc1CN. The fourth-order valence-electron chi connectivity index (χ4n) is 0.929. The van der Waals surface area contributed by atoms with E-state index in [1.807, 2.05) is 24.3 Å². The smallest absolute Gasteiger partial charge is 0.0354 e. The molecule has 0 saturated carbocycles. The van der Waals surface area contributed by atoms with Crippen molar-refractivity contribution in [3.8, 4) is 0 Å². The van der Waals surface area contributed by atoms with Crippen molar-refractivity contribution in [2.75, 3.05) is 0 Å². The summed E-state index contributed by atoms with van der Waals surface area (Å²) < 4.78 is 0. The van der Waals surface area contributed by atoms with Crippen LogP contribution in [-0.2, 0) is 13.1 Å². The van der Waals surface area contributed by atoms with Crippen molar-refractivity contribution >= 4 is 0 Å². The molecule has 0 heterocycles. The Labute approximate surface area is 60.8 Å². The molecular formula is C8H11N2. The van der Waals surface area contributed by atoms with E-state index in [1.54, 1.807) is 0 Å². The van der Waals surface area contributed by atoms with E-state index in [1.165, 1.54) is 0 Å². The summed E-state index contributed by atoms with van der Waals surface area (Å²) in [5.74, 6) is 0. The van der Waals surface area contributed by atoms with Crippen LogP contribution < -0.4 is 11.5 Å². The van der Waals surface area contributed by atoms with Crippen LogP contribution in [0.4, 0.5) is 0 Å². The predicted molar refractivity (Wildman–Crippen MR) is 41.1 cm³/mol. The maximum Gasteiger partial charge on any atom is 0.0354 e. The first-order valence-corrected chi connectivity index (χ1v) is 3.30. The lowest BCUT2D eigenvalue weighted by molar-refractivity contribution is 0.959. The Morgan fingerprint density at radius 2 is 1.80 bits per heavy atom. The largest absolute Gasteiger partial charge is 0.326 e. The van der Waals surface area contributed by atoms with Crippen molar-refractivity contribution in [2.45, 2.75) is 13.1 Å². The highest BCUT2D eigenvalue weighted by Gasteiger charge is 1.94. The van der Waals surface area contributed by atoms with Gasteiger partial charge in [-0.05, 0) is 11.1 Å². The van der Waals surface area contributed by atoms with Crippen molar-refractivity contribution in [1.29, 1.82) is 0 Å². The van der Waals surface area contributed by atoms with E-state index in [-0.39, 0.29) is 0 Å². The van der Waals surface area contributed by atoms with Crippen LogP contribution >= 0.6 is 0 Å². The van der Waals surface area contributed by atoms with Crippen LogP contribution in [0.5, 0.6) is 0 Å². The molecule has 0 bridgehead atoms. The Bertz CT molecular complexity index is 185. The highest BCUT2D eigenvalue weighted by molar-refractivity contribution is 5.26. The molecule has 0 aromatic heterocycles. The molecule has 1 radical (unpaired) electrons. The van der Waals surface area contributed by atoms with E-state index >= 15 is 0 Å². The molecule has 0 aliphatic rings. The third-order valence-electron chi connectivity index (χ3n) is 1.53. The van der Waals surface area contributed by atoms with Crippen molar-refractivity contribution in [1.82, 2.24) is 5.73 Å². The molecule has 0 aliphatic carbocycles. The molecule has 1 rings (SSSR count). The van der Waals surface area contributed by atoms with Gasteiger partial charge in [0.15, 0.2) is 0 Å². The van der Waals surface area contributed by atoms with E-state index in [0.717, 1.165) is 11.1 Å². The Morgan fingerprint density at radius 3 is 2.20 bits per heavy atom. The third kappa shape index (κ3) is 1.35. The second-order valence-corrected chi connectivity index (χ2v) is 2.15. The Hall–Kier alpha value is -0.860. The molecule has 53 valence electrons. The summed E-state index contributed by atoms with van der Waals surface area (Å²) >= 11 is 0. The molecule has 1 aromatic rings. The molecule has 0 spiro atoms. The van der Waals surface area contributed by atoms with Crippen LogP contribution in [0, 0.1) is 0 Å². The van der Waals surface area contributed by atoms with Crippen LogP contribution in [0.1, 0.15) is 11.1 Å². The Kier molecular flexibility index (Phi) is 2.42. The minimum Gasteiger partial charge on any atom is -0.326 e. The first-order valence-electron chi connectivity index (χ1n) is 3.30. The van der Waals surface area contributed by atoms with Gasteiger partial charge >= 0.3 is 0 Å². The maximum atomic E-state index is 7.13. The third-order valence-corrected chi connectivity index (χ3v) is 1.53. The van der Waals surface area contributed by atoms with Crippen molar-refractivity contribution in [3.63, 3.8) is 0 Å². The van der Waals surface area contributed by atoms with Crippen LogP contribution in [0.15, 0.2) is 24.3 Å². The number of hydrogen-bond donors (Lipinski definition) is 1. The van der Waals surface area contributed by atoms with Crippen LogP contribution in [-0.4, -0.2) is 0 Å². The first kappa shape index (κ1) is 7.25. The zero-order valence-electron chi connectivity index (χ0n) is 5.80.